The second kappa shape index (κ2) is 4.83. The molecule has 6 heteroatoms. The minimum absolute atomic E-state index is 0.0211. The van der Waals surface area contributed by atoms with E-state index in [1.165, 1.54) is 18.2 Å². The Balaban J connectivity index is 1.70. The Kier molecular flexibility index (Phi) is 3.14. The van der Waals surface area contributed by atoms with Crippen LogP contribution in [-0.2, 0) is 5.54 Å². The van der Waals surface area contributed by atoms with Crippen LogP contribution in [0.3, 0.4) is 0 Å². The van der Waals surface area contributed by atoms with Gasteiger partial charge in [-0.3, -0.25) is 9.48 Å². The van der Waals surface area contributed by atoms with Gasteiger partial charge < -0.3 is 10.4 Å². The maximum absolute atomic E-state index is 12.1. The van der Waals surface area contributed by atoms with E-state index in [0.29, 0.717) is 11.6 Å². The first kappa shape index (κ1) is 13.0. The summed E-state index contributed by atoms with van der Waals surface area (Å²) in [5.41, 5.74) is 0.172. The van der Waals surface area contributed by atoms with Gasteiger partial charge in [0.25, 0.3) is 5.91 Å². The molecule has 1 aliphatic rings. The molecule has 1 aliphatic carbocycles. The summed E-state index contributed by atoms with van der Waals surface area (Å²) in [5, 5.41) is 16.8. The van der Waals surface area contributed by atoms with Crippen molar-refractivity contribution < 1.29 is 9.90 Å². The summed E-state index contributed by atoms with van der Waals surface area (Å²) >= 11 is 5.97. The predicted octanol–water partition coefficient (Wildman–Crippen LogP) is 2.16. The highest BCUT2D eigenvalue weighted by atomic mass is 35.5. The van der Waals surface area contributed by atoms with Crippen molar-refractivity contribution in [2.75, 3.05) is 6.54 Å². The minimum Gasteiger partial charge on any atom is -0.508 e. The van der Waals surface area contributed by atoms with Crippen LogP contribution in [0.4, 0.5) is 0 Å². The van der Waals surface area contributed by atoms with E-state index in [0.717, 1.165) is 12.8 Å². The summed E-state index contributed by atoms with van der Waals surface area (Å²) in [7, 11) is 0. The predicted molar refractivity (Wildman–Crippen MR) is 74.9 cm³/mol. The van der Waals surface area contributed by atoms with Crippen LogP contribution in [0.2, 0.25) is 5.02 Å². The molecular weight excluding hydrogens is 278 g/mol. The van der Waals surface area contributed by atoms with Crippen LogP contribution in [0.15, 0.2) is 36.7 Å². The molecule has 0 saturated heterocycles. The highest BCUT2D eigenvalue weighted by Gasteiger charge is 2.45. The number of aromatic nitrogens is 2. The topological polar surface area (TPSA) is 67.2 Å². The quantitative estimate of drug-likeness (QED) is 0.907. The first-order valence-electron chi connectivity index (χ1n) is 6.38. The van der Waals surface area contributed by atoms with Gasteiger partial charge in [0.15, 0.2) is 0 Å². The Morgan fingerprint density at radius 2 is 2.30 bits per heavy atom. The highest BCUT2D eigenvalue weighted by molar-refractivity contribution is 6.33. The zero-order valence-electron chi connectivity index (χ0n) is 10.7. The fraction of sp³-hybridized carbons (Fsp3) is 0.286. The van der Waals surface area contributed by atoms with Gasteiger partial charge in [-0.05, 0) is 37.1 Å². The number of hydrogen-bond acceptors (Lipinski definition) is 3. The molecule has 0 radical (unpaired) electrons. The largest absolute Gasteiger partial charge is 0.508 e. The zero-order chi connectivity index (χ0) is 14.2. The lowest BCUT2D eigenvalue weighted by molar-refractivity contribution is 0.0944. The van der Waals surface area contributed by atoms with E-state index in [2.05, 4.69) is 10.4 Å². The number of carbonyl (C=O) groups excluding carboxylic acids is 1. The van der Waals surface area contributed by atoms with Crippen molar-refractivity contribution in [1.82, 2.24) is 15.1 Å². The van der Waals surface area contributed by atoms with E-state index in [1.54, 1.807) is 6.20 Å². The molecular formula is C14H14ClN3O2. The lowest BCUT2D eigenvalue weighted by Crippen LogP contribution is -2.36. The molecule has 0 atom stereocenters. The van der Waals surface area contributed by atoms with Crippen molar-refractivity contribution in [2.45, 2.75) is 18.4 Å². The standard InChI is InChI=1S/C14H14ClN3O2/c15-12-3-2-10(19)8-11(12)13(20)16-9-14(4-5-14)18-7-1-6-17-18/h1-3,6-8,19H,4-5,9H2,(H,16,20). The molecule has 1 heterocycles. The summed E-state index contributed by atoms with van der Waals surface area (Å²) < 4.78 is 1.89. The molecule has 0 aliphatic heterocycles. The fourth-order valence-corrected chi connectivity index (χ4v) is 2.41. The molecule has 1 saturated carbocycles. The molecule has 0 unspecified atom stereocenters. The maximum atomic E-state index is 12.1. The Bertz CT molecular complexity index is 636. The third-order valence-corrected chi connectivity index (χ3v) is 3.92. The van der Waals surface area contributed by atoms with Gasteiger partial charge in [0.1, 0.15) is 5.75 Å². The number of halogens is 1. The summed E-state index contributed by atoms with van der Waals surface area (Å²) in [6.45, 7) is 0.500. The van der Waals surface area contributed by atoms with Crippen molar-refractivity contribution in [2.24, 2.45) is 0 Å². The lowest BCUT2D eigenvalue weighted by atomic mass is 10.2. The van der Waals surface area contributed by atoms with Crippen molar-refractivity contribution in [3.63, 3.8) is 0 Å². The van der Waals surface area contributed by atoms with Gasteiger partial charge >= 0.3 is 0 Å². The zero-order valence-corrected chi connectivity index (χ0v) is 11.5. The summed E-state index contributed by atoms with van der Waals surface area (Å²) in [4.78, 5) is 12.1. The molecule has 1 aromatic carbocycles. The highest BCUT2D eigenvalue weighted by Crippen LogP contribution is 2.42. The van der Waals surface area contributed by atoms with Gasteiger partial charge in [0.05, 0.1) is 16.1 Å². The lowest BCUT2D eigenvalue weighted by Gasteiger charge is -2.17. The first-order valence-corrected chi connectivity index (χ1v) is 6.75. The maximum Gasteiger partial charge on any atom is 0.253 e. The number of phenolic OH excluding ortho intramolecular Hbond substituents is 1. The number of carbonyl (C=O) groups is 1. The Hall–Kier alpha value is -2.01. The Morgan fingerprint density at radius 3 is 2.95 bits per heavy atom. The number of nitrogens with zero attached hydrogens (tertiary/aromatic N) is 2. The Labute approximate surface area is 121 Å². The molecule has 0 spiro atoms. The third-order valence-electron chi connectivity index (χ3n) is 3.59. The third kappa shape index (κ3) is 2.36. The van der Waals surface area contributed by atoms with Crippen molar-refractivity contribution in [3.05, 3.63) is 47.2 Å². The number of aromatic hydroxyl groups is 1. The molecule has 0 bridgehead atoms. The number of hydrogen-bond donors (Lipinski definition) is 2. The van der Waals surface area contributed by atoms with Gasteiger partial charge in [-0.2, -0.15) is 5.10 Å². The van der Waals surface area contributed by atoms with Gasteiger partial charge in [-0.15, -0.1) is 0 Å². The van der Waals surface area contributed by atoms with E-state index in [1.807, 2.05) is 16.9 Å². The monoisotopic (exact) mass is 291 g/mol. The van der Waals surface area contributed by atoms with Gasteiger partial charge in [0, 0.05) is 18.9 Å². The van der Waals surface area contributed by atoms with Gasteiger partial charge in [0.2, 0.25) is 0 Å². The average molecular weight is 292 g/mol. The Morgan fingerprint density at radius 1 is 1.50 bits per heavy atom. The van der Waals surface area contributed by atoms with Gasteiger partial charge in [-0.25, -0.2) is 0 Å². The molecule has 1 amide bonds. The molecule has 2 N–H and O–H groups in total. The van der Waals surface area contributed by atoms with Crippen molar-refractivity contribution in [3.8, 4) is 5.75 Å². The van der Waals surface area contributed by atoms with Crippen molar-refractivity contribution in [1.29, 1.82) is 0 Å². The van der Waals surface area contributed by atoms with Gasteiger partial charge in [-0.1, -0.05) is 11.6 Å². The van der Waals surface area contributed by atoms with E-state index in [4.69, 9.17) is 11.6 Å². The van der Waals surface area contributed by atoms with E-state index in [9.17, 15) is 9.90 Å². The smallest absolute Gasteiger partial charge is 0.253 e. The second-order valence-electron chi connectivity index (χ2n) is 5.02. The molecule has 2 aromatic rings. The fourth-order valence-electron chi connectivity index (χ4n) is 2.21. The number of phenols is 1. The minimum atomic E-state index is -0.288. The molecule has 104 valence electrons. The molecule has 1 aromatic heterocycles. The number of benzene rings is 1. The summed E-state index contributed by atoms with van der Waals surface area (Å²) in [6.07, 6.45) is 5.61. The van der Waals surface area contributed by atoms with Crippen LogP contribution < -0.4 is 5.32 Å². The summed E-state index contributed by atoms with van der Waals surface area (Å²) in [5.74, 6) is -0.267. The SMILES string of the molecule is O=C(NCC1(n2cccn2)CC1)c1cc(O)ccc1Cl. The summed E-state index contributed by atoms with van der Waals surface area (Å²) in [6, 6.07) is 6.19. The van der Waals surface area contributed by atoms with Crippen LogP contribution in [0.1, 0.15) is 23.2 Å². The van der Waals surface area contributed by atoms with Crippen LogP contribution in [-0.4, -0.2) is 27.3 Å². The molecule has 3 rings (SSSR count). The molecule has 1 fully saturated rings. The van der Waals surface area contributed by atoms with Crippen LogP contribution >= 0.6 is 11.6 Å². The normalized spacial score (nSPS) is 15.8. The number of rotatable bonds is 4. The number of amides is 1. The van der Waals surface area contributed by atoms with Crippen molar-refractivity contribution >= 4 is 17.5 Å². The van der Waals surface area contributed by atoms with Crippen LogP contribution in [0, 0.1) is 0 Å². The second-order valence-corrected chi connectivity index (χ2v) is 5.43. The average Bonchev–Trinajstić information content (AvgIpc) is 3.02. The number of nitrogens with one attached hydrogen (secondary N) is 1. The van der Waals surface area contributed by atoms with Crippen LogP contribution in [0.5, 0.6) is 5.75 Å². The van der Waals surface area contributed by atoms with E-state index >= 15 is 0 Å². The van der Waals surface area contributed by atoms with Crippen LogP contribution in [0.25, 0.3) is 0 Å². The van der Waals surface area contributed by atoms with E-state index < -0.39 is 0 Å². The molecule has 5 nitrogen and oxygen atoms in total. The van der Waals surface area contributed by atoms with E-state index in [-0.39, 0.29) is 22.8 Å². The first-order chi connectivity index (χ1) is 9.61. The molecule has 20 heavy (non-hydrogen) atoms.